The van der Waals surface area contributed by atoms with E-state index >= 15 is 0 Å². The number of aromatic nitrogens is 3. The highest BCUT2D eigenvalue weighted by molar-refractivity contribution is 6.09. The number of carboxylic acids is 1. The Morgan fingerprint density at radius 3 is 2.74 bits per heavy atom. The summed E-state index contributed by atoms with van der Waals surface area (Å²) in [7, 11) is 0. The maximum atomic E-state index is 12.8. The van der Waals surface area contributed by atoms with Gasteiger partial charge in [-0.1, -0.05) is 18.2 Å². The van der Waals surface area contributed by atoms with Gasteiger partial charge in [0.1, 0.15) is 17.0 Å². The second-order valence-corrected chi connectivity index (χ2v) is 5.39. The standard InChI is InChI=1S/C16H12N4O3/c21-15(9-5-6-12-13(7-9)18-19-17-12)20-8-11(16(22)23)10-3-1-2-4-14(10)20/h1-7,11H,8H2,(H,22,23)(H,17,18,19). The Morgan fingerprint density at radius 2 is 1.91 bits per heavy atom. The van der Waals surface area contributed by atoms with E-state index in [1.807, 2.05) is 0 Å². The van der Waals surface area contributed by atoms with E-state index in [0.717, 1.165) is 0 Å². The summed E-state index contributed by atoms with van der Waals surface area (Å²) < 4.78 is 0. The summed E-state index contributed by atoms with van der Waals surface area (Å²) in [5.74, 6) is -1.88. The van der Waals surface area contributed by atoms with Gasteiger partial charge in [-0.3, -0.25) is 9.59 Å². The number of amides is 1. The van der Waals surface area contributed by atoms with Crippen molar-refractivity contribution in [3.05, 3.63) is 53.6 Å². The van der Waals surface area contributed by atoms with E-state index in [9.17, 15) is 14.7 Å². The van der Waals surface area contributed by atoms with Crippen LogP contribution in [0, 0.1) is 0 Å². The van der Waals surface area contributed by atoms with E-state index in [1.165, 1.54) is 4.90 Å². The first-order valence-corrected chi connectivity index (χ1v) is 7.09. The minimum atomic E-state index is -0.931. The summed E-state index contributed by atoms with van der Waals surface area (Å²) in [6.45, 7) is 0.129. The van der Waals surface area contributed by atoms with Crippen molar-refractivity contribution in [1.82, 2.24) is 15.4 Å². The number of aliphatic carboxylic acids is 1. The highest BCUT2D eigenvalue weighted by Gasteiger charge is 2.36. The summed E-state index contributed by atoms with van der Waals surface area (Å²) in [5.41, 5.74) is 3.03. The number of para-hydroxylation sites is 1. The summed E-state index contributed by atoms with van der Waals surface area (Å²) in [6.07, 6.45) is 0. The smallest absolute Gasteiger partial charge is 0.312 e. The Bertz CT molecular complexity index is 934. The number of fused-ring (bicyclic) bond motifs is 2. The molecule has 4 rings (SSSR count). The first kappa shape index (κ1) is 13.4. The van der Waals surface area contributed by atoms with Crippen LogP contribution in [0.2, 0.25) is 0 Å². The highest BCUT2D eigenvalue weighted by Crippen LogP contribution is 2.37. The molecule has 0 saturated carbocycles. The topological polar surface area (TPSA) is 99.2 Å². The molecule has 2 heterocycles. The van der Waals surface area contributed by atoms with Crippen LogP contribution in [-0.4, -0.2) is 38.9 Å². The predicted molar refractivity (Wildman–Crippen MR) is 82.4 cm³/mol. The van der Waals surface area contributed by atoms with Gasteiger partial charge in [0.15, 0.2) is 0 Å². The molecule has 1 unspecified atom stereocenters. The first-order chi connectivity index (χ1) is 11.1. The van der Waals surface area contributed by atoms with Crippen molar-refractivity contribution in [2.24, 2.45) is 0 Å². The van der Waals surface area contributed by atoms with E-state index in [1.54, 1.807) is 42.5 Å². The van der Waals surface area contributed by atoms with Crippen LogP contribution in [0.5, 0.6) is 0 Å². The van der Waals surface area contributed by atoms with Crippen LogP contribution in [0.25, 0.3) is 11.0 Å². The van der Waals surface area contributed by atoms with Crippen LogP contribution < -0.4 is 4.90 Å². The number of anilines is 1. The SMILES string of the molecule is O=C(O)C1CN(C(=O)c2ccc3n[nH]nc3c2)c2ccccc21. The molecular formula is C16H12N4O3. The number of H-pyrrole nitrogens is 1. The number of rotatable bonds is 2. The van der Waals surface area contributed by atoms with Crippen molar-refractivity contribution in [1.29, 1.82) is 0 Å². The lowest BCUT2D eigenvalue weighted by molar-refractivity contribution is -0.138. The van der Waals surface area contributed by atoms with Crippen molar-refractivity contribution in [3.8, 4) is 0 Å². The van der Waals surface area contributed by atoms with E-state index in [-0.39, 0.29) is 12.5 Å². The third kappa shape index (κ3) is 2.05. The van der Waals surface area contributed by atoms with Gasteiger partial charge in [0.05, 0.1) is 0 Å². The maximum Gasteiger partial charge on any atom is 0.312 e. The molecular weight excluding hydrogens is 296 g/mol. The third-order valence-electron chi connectivity index (χ3n) is 4.07. The molecule has 2 aromatic carbocycles. The van der Waals surface area contributed by atoms with Crippen molar-refractivity contribution in [3.63, 3.8) is 0 Å². The Morgan fingerprint density at radius 1 is 1.13 bits per heavy atom. The van der Waals surface area contributed by atoms with E-state index in [2.05, 4.69) is 15.4 Å². The van der Waals surface area contributed by atoms with Crippen molar-refractivity contribution >= 4 is 28.6 Å². The molecule has 0 bridgehead atoms. The summed E-state index contributed by atoms with van der Waals surface area (Å²) in [5, 5.41) is 19.8. The van der Waals surface area contributed by atoms with Gasteiger partial charge in [-0.2, -0.15) is 15.4 Å². The molecule has 0 spiro atoms. The second-order valence-electron chi connectivity index (χ2n) is 5.39. The number of hydrogen-bond acceptors (Lipinski definition) is 4. The summed E-state index contributed by atoms with van der Waals surface area (Å²) in [6, 6.07) is 12.1. The maximum absolute atomic E-state index is 12.8. The van der Waals surface area contributed by atoms with Gasteiger partial charge in [0.25, 0.3) is 5.91 Å². The normalized spacial score (nSPS) is 16.5. The van der Waals surface area contributed by atoms with Crippen molar-refractivity contribution in [2.75, 3.05) is 11.4 Å². The number of benzene rings is 2. The molecule has 1 amide bonds. The highest BCUT2D eigenvalue weighted by atomic mass is 16.4. The zero-order valence-electron chi connectivity index (χ0n) is 11.9. The number of aromatic amines is 1. The Hall–Kier alpha value is -3.22. The monoisotopic (exact) mass is 308 g/mol. The fraction of sp³-hybridized carbons (Fsp3) is 0.125. The molecule has 7 heteroatoms. The largest absolute Gasteiger partial charge is 0.481 e. The van der Waals surface area contributed by atoms with Gasteiger partial charge in [-0.15, -0.1) is 0 Å². The van der Waals surface area contributed by atoms with Gasteiger partial charge in [0, 0.05) is 17.8 Å². The molecule has 23 heavy (non-hydrogen) atoms. The average molecular weight is 308 g/mol. The minimum Gasteiger partial charge on any atom is -0.481 e. The van der Waals surface area contributed by atoms with Crippen LogP contribution in [0.1, 0.15) is 21.8 Å². The Labute approximate surface area is 130 Å². The number of carbonyl (C=O) groups excluding carboxylic acids is 1. The van der Waals surface area contributed by atoms with Gasteiger partial charge in [-0.25, -0.2) is 0 Å². The molecule has 1 aliphatic heterocycles. The Balaban J connectivity index is 1.75. The molecule has 114 valence electrons. The zero-order chi connectivity index (χ0) is 16.0. The molecule has 0 radical (unpaired) electrons. The number of nitrogens with one attached hydrogen (secondary N) is 1. The zero-order valence-corrected chi connectivity index (χ0v) is 11.9. The van der Waals surface area contributed by atoms with Crippen molar-refractivity contribution in [2.45, 2.75) is 5.92 Å². The quantitative estimate of drug-likeness (QED) is 0.752. The Kier molecular flexibility index (Phi) is 2.87. The van der Waals surface area contributed by atoms with Gasteiger partial charge in [0.2, 0.25) is 0 Å². The van der Waals surface area contributed by atoms with Crippen LogP contribution in [-0.2, 0) is 4.79 Å². The molecule has 0 fully saturated rings. The number of carboxylic acid groups (broad SMARTS) is 1. The van der Waals surface area contributed by atoms with Gasteiger partial charge >= 0.3 is 5.97 Å². The van der Waals surface area contributed by atoms with Crippen LogP contribution in [0.15, 0.2) is 42.5 Å². The molecule has 2 N–H and O–H groups in total. The third-order valence-corrected chi connectivity index (χ3v) is 4.07. The van der Waals surface area contributed by atoms with Crippen LogP contribution in [0.4, 0.5) is 5.69 Å². The molecule has 1 aliphatic rings. The number of nitrogens with zero attached hydrogens (tertiary/aromatic N) is 3. The fourth-order valence-corrected chi connectivity index (χ4v) is 2.94. The minimum absolute atomic E-state index is 0.129. The second kappa shape index (κ2) is 4.91. The molecule has 7 nitrogen and oxygen atoms in total. The molecule has 3 aromatic rings. The van der Waals surface area contributed by atoms with Gasteiger partial charge in [-0.05, 0) is 29.8 Å². The van der Waals surface area contributed by atoms with E-state index < -0.39 is 11.9 Å². The molecule has 0 aliphatic carbocycles. The van der Waals surface area contributed by atoms with E-state index in [0.29, 0.717) is 27.8 Å². The fourth-order valence-electron chi connectivity index (χ4n) is 2.94. The average Bonchev–Trinajstić information content (AvgIpc) is 3.18. The summed E-state index contributed by atoms with van der Waals surface area (Å²) >= 11 is 0. The molecule has 1 aromatic heterocycles. The van der Waals surface area contributed by atoms with Crippen LogP contribution >= 0.6 is 0 Å². The molecule has 0 saturated heterocycles. The first-order valence-electron chi connectivity index (χ1n) is 7.09. The van der Waals surface area contributed by atoms with Crippen molar-refractivity contribution < 1.29 is 14.7 Å². The lowest BCUT2D eigenvalue weighted by atomic mass is 10.0. The lowest BCUT2D eigenvalue weighted by Crippen LogP contribution is -2.31. The summed E-state index contributed by atoms with van der Waals surface area (Å²) in [4.78, 5) is 25.8. The molecule has 1 atom stereocenters. The van der Waals surface area contributed by atoms with Crippen LogP contribution in [0.3, 0.4) is 0 Å². The predicted octanol–water partition coefficient (Wildman–Crippen LogP) is 1.79. The lowest BCUT2D eigenvalue weighted by Gasteiger charge is -2.17. The number of hydrogen-bond donors (Lipinski definition) is 2. The van der Waals surface area contributed by atoms with Gasteiger partial charge < -0.3 is 10.0 Å². The number of carbonyl (C=O) groups is 2. The van der Waals surface area contributed by atoms with E-state index in [4.69, 9.17) is 0 Å².